The van der Waals surface area contributed by atoms with E-state index in [1.54, 1.807) is 0 Å². The van der Waals surface area contributed by atoms with Gasteiger partial charge in [-0.05, 0) is 12.8 Å². The summed E-state index contributed by atoms with van der Waals surface area (Å²) < 4.78 is -1.01. The zero-order valence-corrected chi connectivity index (χ0v) is 15.0. The van der Waals surface area contributed by atoms with Crippen LogP contribution in [0.25, 0.3) is 0 Å². The van der Waals surface area contributed by atoms with E-state index in [2.05, 4.69) is 0 Å². The van der Waals surface area contributed by atoms with Crippen LogP contribution in [0.3, 0.4) is 0 Å². The van der Waals surface area contributed by atoms with Gasteiger partial charge in [-0.25, -0.2) is 0 Å². The number of hydrogen-bond acceptors (Lipinski definition) is 0. The Bertz CT molecular complexity index is 335. The Kier molecular flexibility index (Phi) is 4.82. The largest absolute Gasteiger partial charge is 0.126 e. The molecule has 0 saturated heterocycles. The molecule has 0 radical (unpaired) electrons. The van der Waals surface area contributed by atoms with Crippen molar-refractivity contribution in [3.63, 3.8) is 0 Å². The van der Waals surface area contributed by atoms with Crippen molar-refractivity contribution in [2.45, 2.75) is 32.2 Å². The molecule has 2 saturated carbocycles. The smallest absolute Gasteiger partial charge is 0.122 e. The Balaban J connectivity index is 2.64. The normalized spacial score (nSPS) is 46.3. The van der Waals surface area contributed by atoms with Crippen LogP contribution in [-0.4, -0.2) is 25.3 Å². The van der Waals surface area contributed by atoms with Crippen molar-refractivity contribution in [3.8, 4) is 0 Å². The summed E-state index contributed by atoms with van der Waals surface area (Å²) in [4.78, 5) is -1.58. The van der Waals surface area contributed by atoms with Gasteiger partial charge in [-0.15, -0.1) is 92.8 Å². The van der Waals surface area contributed by atoms with Gasteiger partial charge in [-0.1, -0.05) is 0 Å². The minimum Gasteiger partial charge on any atom is -0.126 e. The summed E-state index contributed by atoms with van der Waals surface area (Å²) in [6.07, 6.45) is 0.884. The van der Waals surface area contributed by atoms with E-state index in [1.165, 1.54) is 0 Å². The molecule has 0 nitrogen and oxygen atoms in total. The molecule has 0 aromatic heterocycles. The highest BCUT2D eigenvalue weighted by Crippen LogP contribution is 2.77. The van der Waals surface area contributed by atoms with E-state index in [0.717, 1.165) is 0 Å². The van der Waals surface area contributed by atoms with Crippen molar-refractivity contribution in [1.29, 1.82) is 0 Å². The fraction of sp³-hybridized carbons (Fsp3) is 1.00. The Hall–Kier alpha value is 2.32. The molecule has 2 bridgehead atoms. The van der Waals surface area contributed by atoms with Crippen molar-refractivity contribution in [2.75, 3.05) is 5.88 Å². The maximum atomic E-state index is 6.43. The second-order valence-electron chi connectivity index (χ2n) is 5.01. The second-order valence-corrected chi connectivity index (χ2v) is 9.54. The van der Waals surface area contributed by atoms with E-state index >= 15 is 0 Å². The SMILES string of the molecule is ClCC1(C(Cl)Cl)C2C[C@H](Cl)C1(C(Cl)Cl)CC2(Cl)Cl. The van der Waals surface area contributed by atoms with Crippen molar-refractivity contribution in [3.05, 3.63) is 0 Å². The molecule has 0 N–H and O–H groups in total. The van der Waals surface area contributed by atoms with E-state index in [0.29, 0.717) is 12.8 Å². The van der Waals surface area contributed by atoms with E-state index in [9.17, 15) is 0 Å². The average Bonchev–Trinajstić information content (AvgIpc) is 2.61. The Morgan fingerprint density at radius 1 is 1.06 bits per heavy atom. The molecular weight excluding hydrogens is 404 g/mol. The molecule has 3 unspecified atom stereocenters. The van der Waals surface area contributed by atoms with Crippen molar-refractivity contribution >= 4 is 92.8 Å². The third kappa shape index (κ3) is 1.86. The van der Waals surface area contributed by atoms with Gasteiger partial charge in [-0.2, -0.15) is 0 Å². The highest BCUT2D eigenvalue weighted by Gasteiger charge is 2.79. The Labute approximate surface area is 146 Å². The molecule has 0 aliphatic heterocycles. The number of fused-ring (bicyclic) bond motifs is 2. The number of halogens is 8. The topological polar surface area (TPSA) is 0 Å². The summed E-state index contributed by atoms with van der Waals surface area (Å²) >= 11 is 50.1. The van der Waals surface area contributed by atoms with Crippen LogP contribution in [0.1, 0.15) is 12.8 Å². The molecule has 0 heterocycles. The van der Waals surface area contributed by atoms with E-state index in [-0.39, 0.29) is 17.2 Å². The number of hydrogen-bond donors (Lipinski definition) is 0. The average molecular weight is 414 g/mol. The lowest BCUT2D eigenvalue weighted by molar-refractivity contribution is 0.144. The lowest BCUT2D eigenvalue weighted by atomic mass is 9.70. The zero-order valence-electron chi connectivity index (χ0n) is 8.95. The van der Waals surface area contributed by atoms with Crippen LogP contribution >= 0.6 is 92.8 Å². The van der Waals surface area contributed by atoms with Crippen LogP contribution in [0.2, 0.25) is 0 Å². The molecule has 2 rings (SSSR count). The molecule has 0 aromatic rings. The fourth-order valence-corrected chi connectivity index (χ4v) is 7.83. The highest BCUT2D eigenvalue weighted by molar-refractivity contribution is 6.51. The van der Waals surface area contributed by atoms with Crippen LogP contribution in [0.5, 0.6) is 0 Å². The van der Waals surface area contributed by atoms with Gasteiger partial charge >= 0.3 is 0 Å². The van der Waals surface area contributed by atoms with Gasteiger partial charge in [0.2, 0.25) is 0 Å². The first-order chi connectivity index (χ1) is 8.16. The van der Waals surface area contributed by atoms with Crippen LogP contribution in [0.15, 0.2) is 0 Å². The van der Waals surface area contributed by atoms with Crippen LogP contribution in [0, 0.1) is 16.7 Å². The molecule has 2 aliphatic carbocycles. The molecule has 4 atom stereocenters. The summed E-state index contributed by atoms with van der Waals surface area (Å²) in [7, 11) is 0. The zero-order chi connectivity index (χ0) is 13.9. The molecular formula is C10H10Cl8. The monoisotopic (exact) mass is 410 g/mol. The van der Waals surface area contributed by atoms with Crippen LogP contribution < -0.4 is 0 Å². The van der Waals surface area contributed by atoms with Crippen molar-refractivity contribution < 1.29 is 0 Å². The predicted octanol–water partition coefficient (Wildman–Crippen LogP) is 6.01. The van der Waals surface area contributed by atoms with E-state index < -0.39 is 24.8 Å². The minimum absolute atomic E-state index is 0.162. The lowest BCUT2D eigenvalue weighted by Gasteiger charge is -2.45. The number of alkyl halides is 8. The standard InChI is InChI=1S/C10H10Cl8/c11-3-9(7(15)16)4-1-5(12)8(9,6(13)14)2-10(4,17)18/h4-7H,1-3H2/t4?,5-,8?,9?/m0/s1. The van der Waals surface area contributed by atoms with E-state index in [4.69, 9.17) is 92.8 Å². The van der Waals surface area contributed by atoms with Crippen molar-refractivity contribution in [2.24, 2.45) is 16.7 Å². The molecule has 18 heavy (non-hydrogen) atoms. The quantitative estimate of drug-likeness (QED) is 0.497. The highest BCUT2D eigenvalue weighted by atomic mass is 35.5. The molecule has 2 aliphatic rings. The first kappa shape index (κ1) is 16.7. The lowest BCUT2D eigenvalue weighted by Crippen LogP contribution is -2.50. The maximum Gasteiger partial charge on any atom is 0.122 e. The molecule has 8 heteroatoms. The molecule has 0 amide bonds. The molecule has 0 aromatic carbocycles. The third-order valence-electron chi connectivity index (χ3n) is 4.53. The first-order valence-corrected chi connectivity index (χ1v) is 8.78. The summed E-state index contributed by atoms with van der Waals surface area (Å²) in [5.41, 5.74) is -1.55. The van der Waals surface area contributed by atoms with Crippen LogP contribution in [0.4, 0.5) is 0 Å². The molecule has 2 fully saturated rings. The predicted molar refractivity (Wildman–Crippen MR) is 83.4 cm³/mol. The van der Waals surface area contributed by atoms with Gasteiger partial charge in [0, 0.05) is 28.0 Å². The van der Waals surface area contributed by atoms with Gasteiger partial charge in [0.05, 0.1) is 0 Å². The minimum atomic E-state index is -1.01. The summed E-state index contributed by atoms with van der Waals surface area (Å²) in [6, 6.07) is 0. The fourth-order valence-electron chi connectivity index (χ4n) is 3.63. The Morgan fingerprint density at radius 2 is 1.61 bits per heavy atom. The summed E-state index contributed by atoms with van der Waals surface area (Å²) in [6.45, 7) is 0. The van der Waals surface area contributed by atoms with Gasteiger partial charge < -0.3 is 0 Å². The van der Waals surface area contributed by atoms with Gasteiger partial charge in [0.1, 0.15) is 14.0 Å². The van der Waals surface area contributed by atoms with Gasteiger partial charge in [-0.3, -0.25) is 0 Å². The Morgan fingerprint density at radius 3 is 1.94 bits per heavy atom. The van der Waals surface area contributed by atoms with Gasteiger partial charge in [0.25, 0.3) is 0 Å². The van der Waals surface area contributed by atoms with Gasteiger partial charge in [0.15, 0.2) is 0 Å². The number of rotatable bonds is 3. The summed E-state index contributed by atoms with van der Waals surface area (Å²) in [5, 5.41) is -0.299. The second kappa shape index (κ2) is 5.20. The van der Waals surface area contributed by atoms with E-state index in [1.807, 2.05) is 0 Å². The third-order valence-corrected chi connectivity index (χ3v) is 7.89. The first-order valence-electron chi connectivity index (χ1n) is 5.31. The maximum absolute atomic E-state index is 6.43. The molecule has 0 spiro atoms. The molecule has 106 valence electrons. The van der Waals surface area contributed by atoms with Crippen LogP contribution in [-0.2, 0) is 0 Å². The van der Waals surface area contributed by atoms with Crippen molar-refractivity contribution in [1.82, 2.24) is 0 Å². The summed E-state index contributed by atoms with van der Waals surface area (Å²) in [5.74, 6) is -0.0660.